The van der Waals surface area contributed by atoms with Crippen molar-refractivity contribution in [3.63, 3.8) is 0 Å². The van der Waals surface area contributed by atoms with E-state index in [1.807, 2.05) is 0 Å². The number of hydrogen-bond acceptors (Lipinski definition) is 2. The largest absolute Gasteiger partial charge is 0.433 e. The van der Waals surface area contributed by atoms with Crippen LogP contribution < -0.4 is 10.1 Å². The molecule has 1 rings (SSSR count). The fourth-order valence-corrected chi connectivity index (χ4v) is 0.999. The summed E-state index contributed by atoms with van der Waals surface area (Å²) in [6, 6.07) is 5.68. The molecule has 0 aliphatic carbocycles. The minimum absolute atomic E-state index is 0.123. The Balaban J connectivity index is 2.68. The van der Waals surface area contributed by atoms with Crippen LogP contribution in [0.25, 0.3) is 0 Å². The molecule has 0 fully saturated rings. The molecule has 1 aromatic rings. The van der Waals surface area contributed by atoms with Gasteiger partial charge in [-0.15, -0.1) is 0 Å². The van der Waals surface area contributed by atoms with Gasteiger partial charge in [-0.1, -0.05) is 12.1 Å². The fraction of sp³-hybridized carbons (Fsp3) is 0.333. The van der Waals surface area contributed by atoms with Crippen LogP contribution in [0, 0.1) is 0 Å². The van der Waals surface area contributed by atoms with Crippen molar-refractivity contribution >= 4 is 5.69 Å². The van der Waals surface area contributed by atoms with Crippen molar-refractivity contribution in [2.75, 3.05) is 11.9 Å². The molecule has 1 aromatic carbocycles. The van der Waals surface area contributed by atoms with E-state index >= 15 is 0 Å². The van der Waals surface area contributed by atoms with Crippen molar-refractivity contribution in [1.82, 2.24) is 0 Å². The Morgan fingerprint density at radius 2 is 1.80 bits per heavy atom. The molecule has 0 heterocycles. The van der Waals surface area contributed by atoms with Crippen molar-refractivity contribution in [3.8, 4) is 5.75 Å². The van der Waals surface area contributed by atoms with Crippen molar-refractivity contribution < 1.29 is 22.3 Å². The minimum atomic E-state index is -2.97. The van der Waals surface area contributed by atoms with Crippen LogP contribution in [0.1, 0.15) is 0 Å². The fourth-order valence-electron chi connectivity index (χ4n) is 0.999. The quantitative estimate of drug-likeness (QED) is 0.775. The summed E-state index contributed by atoms with van der Waals surface area (Å²) in [5.41, 5.74) is 0.123. The summed E-state index contributed by atoms with van der Waals surface area (Å²) in [7, 11) is 0. The zero-order chi connectivity index (χ0) is 11.3. The Morgan fingerprint density at radius 1 is 1.13 bits per heavy atom. The summed E-state index contributed by atoms with van der Waals surface area (Å²) >= 11 is 0. The molecule has 0 spiro atoms. The molecule has 0 unspecified atom stereocenters. The van der Waals surface area contributed by atoms with Crippen LogP contribution in [0.4, 0.5) is 23.2 Å². The zero-order valence-electron chi connectivity index (χ0n) is 7.59. The first-order valence-corrected chi connectivity index (χ1v) is 4.15. The molecule has 0 aliphatic heterocycles. The molecule has 0 aliphatic rings. The molecule has 2 nitrogen and oxygen atoms in total. The van der Waals surface area contributed by atoms with Gasteiger partial charge in [0.2, 0.25) is 0 Å². The molecule has 0 aromatic heterocycles. The van der Waals surface area contributed by atoms with Gasteiger partial charge >= 0.3 is 6.61 Å². The second kappa shape index (κ2) is 5.43. The molecule has 0 saturated heterocycles. The maximum absolute atomic E-state index is 11.9. The molecule has 0 amide bonds. The van der Waals surface area contributed by atoms with Crippen LogP contribution in [0.5, 0.6) is 5.75 Å². The van der Waals surface area contributed by atoms with E-state index in [0.29, 0.717) is 0 Å². The third kappa shape index (κ3) is 4.05. The summed E-state index contributed by atoms with van der Waals surface area (Å²) in [5.74, 6) is -0.145. The molecule has 0 atom stereocenters. The summed E-state index contributed by atoms with van der Waals surface area (Å²) in [5, 5.41) is 2.31. The lowest BCUT2D eigenvalue weighted by Crippen LogP contribution is -2.12. The normalized spacial score (nSPS) is 10.8. The van der Waals surface area contributed by atoms with E-state index in [1.165, 1.54) is 24.3 Å². The summed E-state index contributed by atoms with van der Waals surface area (Å²) in [6.45, 7) is -3.58. The maximum atomic E-state index is 11.9. The van der Waals surface area contributed by atoms with Gasteiger partial charge in [0, 0.05) is 0 Å². The molecule has 0 bridgehead atoms. The number of benzene rings is 1. The number of nitrogens with one attached hydrogen (secondary N) is 1. The number of alkyl halides is 4. The Kier molecular flexibility index (Phi) is 4.20. The predicted molar refractivity (Wildman–Crippen MR) is 47.6 cm³/mol. The van der Waals surface area contributed by atoms with Crippen molar-refractivity contribution in [1.29, 1.82) is 0 Å². The second-order valence-electron chi connectivity index (χ2n) is 2.65. The number of ether oxygens (including phenoxy) is 1. The molecule has 1 N–H and O–H groups in total. The van der Waals surface area contributed by atoms with Gasteiger partial charge in [-0.3, -0.25) is 0 Å². The molecule has 0 saturated carbocycles. The highest BCUT2D eigenvalue weighted by Gasteiger charge is 2.10. The van der Waals surface area contributed by atoms with E-state index in [-0.39, 0.29) is 11.4 Å². The Labute approximate surface area is 83.9 Å². The Hall–Kier alpha value is -1.46. The van der Waals surface area contributed by atoms with Crippen LogP contribution in [0.2, 0.25) is 0 Å². The van der Waals surface area contributed by atoms with Gasteiger partial charge in [0.15, 0.2) is 0 Å². The Morgan fingerprint density at radius 3 is 2.40 bits per heavy atom. The van der Waals surface area contributed by atoms with Crippen molar-refractivity contribution in [2.45, 2.75) is 13.0 Å². The second-order valence-corrected chi connectivity index (χ2v) is 2.65. The van der Waals surface area contributed by atoms with Gasteiger partial charge in [0.25, 0.3) is 6.43 Å². The van der Waals surface area contributed by atoms with E-state index < -0.39 is 19.6 Å². The number of halogens is 4. The van der Waals surface area contributed by atoms with Gasteiger partial charge in [0.1, 0.15) is 5.75 Å². The number of para-hydroxylation sites is 2. The lowest BCUT2D eigenvalue weighted by atomic mass is 10.3. The highest BCUT2D eigenvalue weighted by atomic mass is 19.3. The molecule has 0 radical (unpaired) electrons. The van der Waals surface area contributed by atoms with Crippen molar-refractivity contribution in [2.24, 2.45) is 0 Å². The van der Waals surface area contributed by atoms with Crippen molar-refractivity contribution in [3.05, 3.63) is 24.3 Å². The zero-order valence-corrected chi connectivity index (χ0v) is 7.59. The summed E-state index contributed by atoms with van der Waals surface area (Å²) in [6.07, 6.45) is -2.55. The SMILES string of the molecule is FC(F)CNc1ccccc1OC(F)F. The molecule has 6 heteroatoms. The van der Waals surface area contributed by atoms with E-state index in [0.717, 1.165) is 0 Å². The summed E-state index contributed by atoms with van der Waals surface area (Å²) < 4.78 is 51.7. The van der Waals surface area contributed by atoms with Gasteiger partial charge < -0.3 is 10.1 Å². The van der Waals surface area contributed by atoms with Crippen LogP contribution in [-0.2, 0) is 0 Å². The van der Waals surface area contributed by atoms with Crippen LogP contribution in [-0.4, -0.2) is 19.6 Å². The number of hydrogen-bond donors (Lipinski definition) is 1. The summed E-state index contributed by atoms with van der Waals surface area (Å²) in [4.78, 5) is 0. The van der Waals surface area contributed by atoms with Gasteiger partial charge in [-0.05, 0) is 12.1 Å². The predicted octanol–water partition coefficient (Wildman–Crippen LogP) is 2.97. The third-order valence-corrected chi connectivity index (χ3v) is 1.55. The van der Waals surface area contributed by atoms with Gasteiger partial charge in [-0.25, -0.2) is 8.78 Å². The van der Waals surface area contributed by atoms with E-state index in [2.05, 4.69) is 10.1 Å². The van der Waals surface area contributed by atoms with E-state index in [4.69, 9.17) is 0 Å². The average molecular weight is 223 g/mol. The van der Waals surface area contributed by atoms with E-state index in [1.54, 1.807) is 0 Å². The monoisotopic (exact) mass is 223 g/mol. The lowest BCUT2D eigenvalue weighted by molar-refractivity contribution is -0.0493. The first-order chi connectivity index (χ1) is 7.09. The molecular weight excluding hydrogens is 214 g/mol. The smallest absolute Gasteiger partial charge is 0.387 e. The first-order valence-electron chi connectivity index (χ1n) is 4.15. The maximum Gasteiger partial charge on any atom is 0.387 e. The van der Waals surface area contributed by atoms with Crippen LogP contribution >= 0.6 is 0 Å². The first kappa shape index (κ1) is 11.6. The van der Waals surface area contributed by atoms with Crippen LogP contribution in [0.15, 0.2) is 24.3 Å². The Bertz CT molecular complexity index is 306. The van der Waals surface area contributed by atoms with Crippen LogP contribution in [0.3, 0.4) is 0 Å². The minimum Gasteiger partial charge on any atom is -0.433 e. The standard InChI is InChI=1S/C9H9F4NO/c10-8(11)5-14-6-3-1-2-4-7(6)15-9(12)13/h1-4,8-9,14H,5H2. The number of rotatable bonds is 5. The average Bonchev–Trinajstić information content (AvgIpc) is 2.15. The molecular formula is C9H9F4NO. The van der Waals surface area contributed by atoms with E-state index in [9.17, 15) is 17.6 Å². The topological polar surface area (TPSA) is 21.3 Å². The molecule has 84 valence electrons. The highest BCUT2D eigenvalue weighted by Crippen LogP contribution is 2.25. The third-order valence-electron chi connectivity index (χ3n) is 1.55. The highest BCUT2D eigenvalue weighted by molar-refractivity contribution is 5.56. The van der Waals surface area contributed by atoms with Gasteiger partial charge in [0.05, 0.1) is 12.2 Å². The molecule has 15 heavy (non-hydrogen) atoms. The van der Waals surface area contributed by atoms with Gasteiger partial charge in [-0.2, -0.15) is 8.78 Å². The number of anilines is 1. The lowest BCUT2D eigenvalue weighted by Gasteiger charge is -2.11.